The smallest absolute Gasteiger partial charge is 0.328 e. The van der Waals surface area contributed by atoms with Gasteiger partial charge in [-0.15, -0.1) is 0 Å². The predicted octanol–water partition coefficient (Wildman–Crippen LogP) is 4.44. The molecule has 0 amide bonds. The van der Waals surface area contributed by atoms with Crippen LogP contribution in [0.25, 0.3) is 17.0 Å². The van der Waals surface area contributed by atoms with E-state index in [4.69, 9.17) is 16.7 Å². The van der Waals surface area contributed by atoms with Crippen molar-refractivity contribution in [3.63, 3.8) is 0 Å². The minimum atomic E-state index is -1.10. The first-order valence-corrected chi connectivity index (χ1v) is 7.76. The summed E-state index contributed by atoms with van der Waals surface area (Å²) in [7, 11) is 0. The van der Waals surface area contributed by atoms with Crippen LogP contribution in [0, 0.1) is 5.82 Å². The van der Waals surface area contributed by atoms with Crippen molar-refractivity contribution in [2.75, 3.05) is 0 Å². The fourth-order valence-electron chi connectivity index (χ4n) is 2.53. The summed E-state index contributed by atoms with van der Waals surface area (Å²) < 4.78 is 28.6. The molecule has 0 aliphatic rings. The van der Waals surface area contributed by atoms with Gasteiger partial charge in [0.2, 0.25) is 0 Å². The quantitative estimate of drug-likeness (QED) is 0.682. The molecule has 2 aromatic carbocycles. The predicted molar refractivity (Wildman–Crippen MR) is 91.7 cm³/mol. The number of carboxylic acids is 1. The Kier molecular flexibility index (Phi) is 4.81. The van der Waals surface area contributed by atoms with E-state index in [9.17, 15) is 13.6 Å². The summed E-state index contributed by atoms with van der Waals surface area (Å²) in [6.45, 7) is -0.535. The van der Waals surface area contributed by atoms with Crippen LogP contribution in [0.15, 0.2) is 42.5 Å². The van der Waals surface area contributed by atoms with Crippen molar-refractivity contribution in [3.05, 3.63) is 70.1 Å². The molecule has 1 heterocycles. The Bertz CT molecular complexity index is 983. The molecule has 3 rings (SSSR count). The first-order valence-electron chi connectivity index (χ1n) is 7.38. The van der Waals surface area contributed by atoms with Crippen molar-refractivity contribution in [2.24, 2.45) is 0 Å². The maximum atomic E-state index is 14.1. The third kappa shape index (κ3) is 3.69. The van der Waals surface area contributed by atoms with E-state index >= 15 is 0 Å². The van der Waals surface area contributed by atoms with Crippen LogP contribution in [0.2, 0.25) is 5.02 Å². The van der Waals surface area contributed by atoms with E-state index in [1.165, 1.54) is 16.8 Å². The fourth-order valence-corrected chi connectivity index (χ4v) is 2.69. The Balaban J connectivity index is 2.10. The molecule has 0 bridgehead atoms. The molecule has 128 valence electrons. The van der Waals surface area contributed by atoms with Crippen molar-refractivity contribution >= 4 is 34.5 Å². The number of aliphatic carboxylic acids is 1. The summed E-state index contributed by atoms with van der Waals surface area (Å²) in [5.74, 6) is -1.58. The van der Waals surface area contributed by atoms with Gasteiger partial charge >= 0.3 is 5.97 Å². The van der Waals surface area contributed by atoms with Gasteiger partial charge in [-0.1, -0.05) is 29.8 Å². The summed E-state index contributed by atoms with van der Waals surface area (Å²) >= 11 is 5.76. The van der Waals surface area contributed by atoms with Gasteiger partial charge in [0.15, 0.2) is 0 Å². The molecule has 0 aliphatic heterocycles. The Morgan fingerprint density at radius 3 is 2.76 bits per heavy atom. The molecule has 0 saturated heterocycles. The average molecular weight is 363 g/mol. The number of halogens is 3. The SMILES string of the molecule is O=C(O)C=Cc1nn(Cc2ccc(Cl)cc2F)c2cc(CF)ccc12. The number of rotatable bonds is 5. The van der Waals surface area contributed by atoms with E-state index in [1.54, 1.807) is 30.3 Å². The number of nitrogens with zero attached hydrogens (tertiary/aromatic N) is 2. The van der Waals surface area contributed by atoms with E-state index in [-0.39, 0.29) is 11.6 Å². The molecule has 0 unspecified atom stereocenters. The summed E-state index contributed by atoms with van der Waals surface area (Å²) in [6, 6.07) is 9.23. The second kappa shape index (κ2) is 7.03. The Labute approximate surface area is 147 Å². The highest BCUT2D eigenvalue weighted by Gasteiger charge is 2.12. The van der Waals surface area contributed by atoms with Crippen LogP contribution in [-0.2, 0) is 18.0 Å². The number of carbonyl (C=O) groups is 1. The summed E-state index contributed by atoms with van der Waals surface area (Å²) in [5, 5.41) is 14.1. The van der Waals surface area contributed by atoms with E-state index in [0.29, 0.717) is 27.7 Å². The number of carboxylic acid groups (broad SMARTS) is 1. The van der Waals surface area contributed by atoms with Crippen LogP contribution in [0.5, 0.6) is 0 Å². The van der Waals surface area contributed by atoms with Crippen molar-refractivity contribution in [2.45, 2.75) is 13.2 Å². The van der Waals surface area contributed by atoms with Gasteiger partial charge in [0.1, 0.15) is 12.5 Å². The zero-order valence-corrected chi connectivity index (χ0v) is 13.7. The first-order chi connectivity index (χ1) is 12.0. The molecule has 7 heteroatoms. The van der Waals surface area contributed by atoms with Gasteiger partial charge in [-0.25, -0.2) is 13.6 Å². The molecule has 1 aromatic heterocycles. The molecule has 0 fully saturated rings. The molecule has 0 spiro atoms. The highest BCUT2D eigenvalue weighted by molar-refractivity contribution is 6.30. The van der Waals surface area contributed by atoms with E-state index in [2.05, 4.69) is 5.10 Å². The third-order valence-corrected chi connectivity index (χ3v) is 3.95. The lowest BCUT2D eigenvalue weighted by atomic mass is 10.1. The minimum absolute atomic E-state index is 0.107. The lowest BCUT2D eigenvalue weighted by Gasteiger charge is -2.06. The maximum absolute atomic E-state index is 14.1. The molecule has 3 aromatic rings. The number of aromatic nitrogens is 2. The van der Waals surface area contributed by atoms with Gasteiger partial charge in [0.25, 0.3) is 0 Å². The van der Waals surface area contributed by atoms with Crippen LogP contribution < -0.4 is 0 Å². The van der Waals surface area contributed by atoms with E-state index in [1.807, 2.05) is 0 Å². The van der Waals surface area contributed by atoms with Crippen LogP contribution in [0.1, 0.15) is 16.8 Å². The van der Waals surface area contributed by atoms with Crippen LogP contribution in [0.4, 0.5) is 8.78 Å². The Morgan fingerprint density at radius 1 is 1.28 bits per heavy atom. The fraction of sp³-hybridized carbons (Fsp3) is 0.111. The van der Waals surface area contributed by atoms with E-state index in [0.717, 1.165) is 6.08 Å². The third-order valence-electron chi connectivity index (χ3n) is 3.72. The molecule has 1 N–H and O–H groups in total. The molecule has 0 aliphatic carbocycles. The average Bonchev–Trinajstić information content (AvgIpc) is 2.92. The number of fused-ring (bicyclic) bond motifs is 1. The topological polar surface area (TPSA) is 55.1 Å². The van der Waals surface area contributed by atoms with Gasteiger partial charge in [0, 0.05) is 22.0 Å². The lowest BCUT2D eigenvalue weighted by molar-refractivity contribution is -0.131. The number of hydrogen-bond donors (Lipinski definition) is 1. The largest absolute Gasteiger partial charge is 0.478 e. The van der Waals surface area contributed by atoms with Gasteiger partial charge in [-0.2, -0.15) is 5.10 Å². The molecule has 0 atom stereocenters. The number of alkyl halides is 1. The zero-order chi connectivity index (χ0) is 18.0. The molecular formula is C18H13ClF2N2O2. The van der Waals surface area contributed by atoms with Crippen molar-refractivity contribution < 1.29 is 18.7 Å². The number of hydrogen-bond acceptors (Lipinski definition) is 2. The van der Waals surface area contributed by atoms with Crippen LogP contribution in [0.3, 0.4) is 0 Å². The van der Waals surface area contributed by atoms with Gasteiger partial charge in [0.05, 0.1) is 17.8 Å². The first kappa shape index (κ1) is 17.1. The molecular weight excluding hydrogens is 350 g/mol. The highest BCUT2D eigenvalue weighted by Crippen LogP contribution is 2.24. The van der Waals surface area contributed by atoms with Crippen molar-refractivity contribution in [1.29, 1.82) is 0 Å². The van der Waals surface area contributed by atoms with Gasteiger partial charge < -0.3 is 5.11 Å². The molecule has 25 heavy (non-hydrogen) atoms. The standard InChI is InChI=1S/C18H13ClF2N2O2/c19-13-3-2-12(15(21)8-13)10-23-17-7-11(9-20)1-4-14(17)16(22-23)5-6-18(24)25/h1-8H,9-10H2,(H,24,25). The Hall–Kier alpha value is -2.73. The molecule has 0 radical (unpaired) electrons. The summed E-state index contributed by atoms with van der Waals surface area (Å²) in [5.41, 5.74) is 1.83. The minimum Gasteiger partial charge on any atom is -0.478 e. The van der Waals surface area contributed by atoms with Crippen LogP contribution >= 0.6 is 11.6 Å². The second-order valence-corrected chi connectivity index (χ2v) is 5.87. The number of benzene rings is 2. The maximum Gasteiger partial charge on any atom is 0.328 e. The normalized spacial score (nSPS) is 11.5. The van der Waals surface area contributed by atoms with Gasteiger partial charge in [-0.05, 0) is 29.8 Å². The summed E-state index contributed by atoms with van der Waals surface area (Å²) in [4.78, 5) is 10.8. The zero-order valence-electron chi connectivity index (χ0n) is 12.9. The lowest BCUT2D eigenvalue weighted by Crippen LogP contribution is -2.04. The Morgan fingerprint density at radius 2 is 2.08 bits per heavy atom. The molecule has 4 nitrogen and oxygen atoms in total. The van der Waals surface area contributed by atoms with Gasteiger partial charge in [-0.3, -0.25) is 4.68 Å². The molecule has 0 saturated carbocycles. The van der Waals surface area contributed by atoms with E-state index < -0.39 is 18.5 Å². The monoisotopic (exact) mass is 362 g/mol. The highest BCUT2D eigenvalue weighted by atomic mass is 35.5. The second-order valence-electron chi connectivity index (χ2n) is 5.44. The summed E-state index contributed by atoms with van der Waals surface area (Å²) in [6.07, 6.45) is 2.33. The van der Waals surface area contributed by atoms with Crippen molar-refractivity contribution in [3.8, 4) is 0 Å². The van der Waals surface area contributed by atoms with Crippen LogP contribution in [-0.4, -0.2) is 20.9 Å². The van der Waals surface area contributed by atoms with Crippen molar-refractivity contribution in [1.82, 2.24) is 9.78 Å².